The zero-order chi connectivity index (χ0) is 29.5. The number of aromatic amines is 1. The summed E-state index contributed by atoms with van der Waals surface area (Å²) in [6.07, 6.45) is 8.14. The smallest absolute Gasteiger partial charge is 0.319 e. The maximum Gasteiger partial charge on any atom is 0.319 e. The number of hydrogen-bond donors (Lipinski definition) is 2. The molecule has 4 aliphatic rings. The van der Waals surface area contributed by atoms with E-state index in [0.29, 0.717) is 43.7 Å². The van der Waals surface area contributed by atoms with Gasteiger partial charge in [-0.3, -0.25) is 15.0 Å². The lowest BCUT2D eigenvalue weighted by Crippen LogP contribution is -2.46. The number of β-amino-alcohol motifs (C(OH)–C–C–N with tert-alkyl or cyclic N) is 1. The molecule has 9 nitrogen and oxygen atoms in total. The first-order valence-corrected chi connectivity index (χ1v) is 15.6. The Morgan fingerprint density at radius 3 is 2.88 bits per heavy atom. The van der Waals surface area contributed by atoms with E-state index in [0.717, 1.165) is 60.7 Å². The van der Waals surface area contributed by atoms with Gasteiger partial charge in [-0.25, -0.2) is 8.78 Å². The molecule has 226 valence electrons. The predicted octanol–water partition coefficient (Wildman–Crippen LogP) is 5.06. The normalized spacial score (nSPS) is 29.1. The van der Waals surface area contributed by atoms with E-state index < -0.39 is 17.6 Å². The fourth-order valence-corrected chi connectivity index (χ4v) is 8.25. The number of benzene rings is 1. The number of fused-ring (bicyclic) bond motifs is 4. The van der Waals surface area contributed by atoms with E-state index in [-0.39, 0.29) is 35.3 Å². The van der Waals surface area contributed by atoms with Crippen molar-refractivity contribution in [3.8, 4) is 17.3 Å². The SMILES string of the molecule is C[C@@H]1CCc2cc3[nH]ncc3c(-c3ncc4c(N5CCC[C@@](C)(O)C5)nc(OC[C@@]56CCCN5C[C@H](F)C6)nc4c3F)c21. The number of ether oxygens (including phenoxy) is 1. The quantitative estimate of drug-likeness (QED) is 0.333. The first-order valence-electron chi connectivity index (χ1n) is 15.6. The minimum absolute atomic E-state index is 0.0624. The lowest BCUT2D eigenvalue weighted by molar-refractivity contribution is 0.0447. The molecule has 3 fully saturated rings. The molecule has 43 heavy (non-hydrogen) atoms. The number of hydrogen-bond acceptors (Lipinski definition) is 8. The molecule has 0 spiro atoms. The van der Waals surface area contributed by atoms with Crippen LogP contribution in [0.2, 0.25) is 0 Å². The lowest BCUT2D eigenvalue weighted by Gasteiger charge is -2.38. The zero-order valence-corrected chi connectivity index (χ0v) is 24.7. The molecule has 2 N–H and O–H groups in total. The number of pyridine rings is 1. The van der Waals surface area contributed by atoms with Crippen molar-refractivity contribution in [2.24, 2.45) is 0 Å². The van der Waals surface area contributed by atoms with Crippen molar-refractivity contribution in [3.05, 3.63) is 35.4 Å². The number of rotatable bonds is 5. The maximum absolute atomic E-state index is 16.9. The molecule has 0 radical (unpaired) electrons. The molecule has 6 heterocycles. The van der Waals surface area contributed by atoms with Gasteiger partial charge in [-0.2, -0.15) is 15.1 Å². The van der Waals surface area contributed by atoms with Crippen LogP contribution < -0.4 is 9.64 Å². The molecule has 4 atom stereocenters. The molecule has 11 heteroatoms. The minimum atomic E-state index is -0.903. The third kappa shape index (κ3) is 4.37. The van der Waals surface area contributed by atoms with Gasteiger partial charge in [0.25, 0.3) is 0 Å². The number of H-pyrrole nitrogens is 1. The van der Waals surface area contributed by atoms with E-state index in [4.69, 9.17) is 14.7 Å². The Hall–Kier alpha value is -3.44. The van der Waals surface area contributed by atoms with Crippen LogP contribution in [0.5, 0.6) is 6.01 Å². The number of alkyl halides is 1. The van der Waals surface area contributed by atoms with Crippen molar-refractivity contribution in [2.45, 2.75) is 82.0 Å². The van der Waals surface area contributed by atoms with Crippen molar-refractivity contribution < 1.29 is 18.6 Å². The van der Waals surface area contributed by atoms with Gasteiger partial charge in [-0.05, 0) is 75.1 Å². The number of aliphatic hydroxyl groups is 1. The Labute approximate surface area is 248 Å². The summed E-state index contributed by atoms with van der Waals surface area (Å²) in [6, 6.07) is 2.18. The third-order valence-corrected chi connectivity index (χ3v) is 10.3. The highest BCUT2D eigenvalue weighted by molar-refractivity contribution is 6.00. The Bertz CT molecular complexity index is 1740. The highest BCUT2D eigenvalue weighted by Crippen LogP contribution is 2.45. The molecule has 8 rings (SSSR count). The lowest BCUT2D eigenvalue weighted by atomic mass is 9.91. The van der Waals surface area contributed by atoms with Crippen LogP contribution in [0, 0.1) is 5.82 Å². The second-order valence-electron chi connectivity index (χ2n) is 13.5. The molecule has 3 aliphatic heterocycles. The van der Waals surface area contributed by atoms with Gasteiger partial charge in [-0.1, -0.05) is 6.92 Å². The molecule has 3 saturated heterocycles. The van der Waals surface area contributed by atoms with Gasteiger partial charge in [0.05, 0.1) is 28.2 Å². The van der Waals surface area contributed by atoms with Crippen molar-refractivity contribution in [1.29, 1.82) is 0 Å². The van der Waals surface area contributed by atoms with E-state index >= 15 is 4.39 Å². The summed E-state index contributed by atoms with van der Waals surface area (Å²) in [4.78, 5) is 18.3. The molecule has 0 bridgehead atoms. The molecule has 0 amide bonds. The topological polar surface area (TPSA) is 103 Å². The zero-order valence-electron chi connectivity index (χ0n) is 24.7. The summed E-state index contributed by atoms with van der Waals surface area (Å²) < 4.78 is 37.6. The summed E-state index contributed by atoms with van der Waals surface area (Å²) in [5.74, 6) is 0.222. The van der Waals surface area contributed by atoms with Gasteiger partial charge in [0.2, 0.25) is 0 Å². The van der Waals surface area contributed by atoms with Crippen molar-refractivity contribution >= 4 is 27.6 Å². The average Bonchev–Trinajstić information content (AvgIpc) is 3.74. The van der Waals surface area contributed by atoms with E-state index in [1.807, 2.05) is 11.8 Å². The predicted molar refractivity (Wildman–Crippen MR) is 160 cm³/mol. The molecular formula is C32H37F2N7O2. The van der Waals surface area contributed by atoms with Crippen molar-refractivity contribution in [3.63, 3.8) is 0 Å². The summed E-state index contributed by atoms with van der Waals surface area (Å²) in [5, 5.41) is 19.5. The van der Waals surface area contributed by atoms with Crippen LogP contribution in [0.25, 0.3) is 33.1 Å². The largest absolute Gasteiger partial charge is 0.461 e. The summed E-state index contributed by atoms with van der Waals surface area (Å²) in [5.41, 5.74) is 2.99. The molecule has 0 unspecified atom stereocenters. The highest BCUT2D eigenvalue weighted by Gasteiger charge is 2.49. The molecular weight excluding hydrogens is 552 g/mol. The highest BCUT2D eigenvalue weighted by atomic mass is 19.1. The van der Waals surface area contributed by atoms with Crippen LogP contribution in [-0.2, 0) is 6.42 Å². The van der Waals surface area contributed by atoms with Gasteiger partial charge in [0.15, 0.2) is 5.82 Å². The Morgan fingerprint density at radius 1 is 1.16 bits per heavy atom. The number of piperidine rings is 1. The van der Waals surface area contributed by atoms with Gasteiger partial charge in [0, 0.05) is 43.2 Å². The standard InChI is InChI=1S/C32H37F2N7O2/c1-18-5-6-19-11-23-21(14-36-39-23)25(24(18)19)28-26(34)27-22(13-35-28)29(40-9-3-7-31(2,42)16-40)38-30(37-27)43-17-32-8-4-10-41(32)15-20(33)12-32/h11,13-14,18,20,42H,3-10,12,15-17H2,1-2H3,(H,36,39)/t18-,20-,31-,32+/m1/s1. The number of halogens is 2. The summed E-state index contributed by atoms with van der Waals surface area (Å²) in [7, 11) is 0. The van der Waals surface area contributed by atoms with E-state index in [2.05, 4.69) is 33.1 Å². The van der Waals surface area contributed by atoms with Crippen LogP contribution in [0.3, 0.4) is 0 Å². The Morgan fingerprint density at radius 2 is 2.02 bits per heavy atom. The summed E-state index contributed by atoms with van der Waals surface area (Å²) in [6.45, 7) is 6.50. The van der Waals surface area contributed by atoms with Gasteiger partial charge >= 0.3 is 6.01 Å². The average molecular weight is 590 g/mol. The Balaban J connectivity index is 1.27. The molecule has 1 aromatic carbocycles. The first kappa shape index (κ1) is 27.1. The number of aromatic nitrogens is 5. The fourth-order valence-electron chi connectivity index (χ4n) is 8.25. The molecule has 0 saturated carbocycles. The Kier molecular flexibility index (Phi) is 6.17. The molecule has 4 aromatic rings. The molecule has 1 aliphatic carbocycles. The van der Waals surface area contributed by atoms with Crippen LogP contribution in [-0.4, -0.2) is 85.3 Å². The van der Waals surface area contributed by atoms with Crippen LogP contribution in [0.4, 0.5) is 14.6 Å². The maximum atomic E-state index is 16.9. The summed E-state index contributed by atoms with van der Waals surface area (Å²) >= 11 is 0. The monoisotopic (exact) mass is 589 g/mol. The van der Waals surface area contributed by atoms with Gasteiger partial charge in [-0.15, -0.1) is 0 Å². The second kappa shape index (κ2) is 9.79. The minimum Gasteiger partial charge on any atom is -0.461 e. The number of anilines is 1. The van der Waals surface area contributed by atoms with Crippen LogP contribution >= 0.6 is 0 Å². The number of aryl methyl sites for hydroxylation is 1. The van der Waals surface area contributed by atoms with E-state index in [1.165, 1.54) is 5.56 Å². The second-order valence-corrected chi connectivity index (χ2v) is 13.5. The van der Waals surface area contributed by atoms with Crippen LogP contribution in [0.15, 0.2) is 18.5 Å². The van der Waals surface area contributed by atoms with Gasteiger partial charge < -0.3 is 14.7 Å². The third-order valence-electron chi connectivity index (χ3n) is 10.3. The van der Waals surface area contributed by atoms with E-state index in [1.54, 1.807) is 12.4 Å². The van der Waals surface area contributed by atoms with Crippen molar-refractivity contribution in [2.75, 3.05) is 37.7 Å². The number of nitrogens with one attached hydrogen (secondary N) is 1. The number of nitrogens with zero attached hydrogens (tertiary/aromatic N) is 6. The molecule has 3 aromatic heterocycles. The fraction of sp³-hybridized carbons (Fsp3) is 0.562. The van der Waals surface area contributed by atoms with Crippen molar-refractivity contribution in [1.82, 2.24) is 30.0 Å². The van der Waals surface area contributed by atoms with Gasteiger partial charge in [0.1, 0.15) is 29.8 Å². The first-order chi connectivity index (χ1) is 20.7. The van der Waals surface area contributed by atoms with E-state index in [9.17, 15) is 9.50 Å². The van der Waals surface area contributed by atoms with Crippen LogP contribution in [0.1, 0.15) is 69.4 Å².